The zero-order chi connectivity index (χ0) is 23.2. The Labute approximate surface area is 198 Å². The highest BCUT2D eigenvalue weighted by atomic mass is 32.1. The Balaban J connectivity index is 1.64. The molecular formula is C25H21N5O3S. The number of aromatic amines is 1. The topological polar surface area (TPSA) is 104 Å². The first-order chi connectivity index (χ1) is 16.6. The van der Waals surface area contributed by atoms with Gasteiger partial charge >= 0.3 is 5.97 Å². The Hall–Kier alpha value is -3.82. The van der Waals surface area contributed by atoms with Crippen molar-refractivity contribution in [3.05, 3.63) is 59.7 Å². The summed E-state index contributed by atoms with van der Waals surface area (Å²) >= 11 is 1.54. The van der Waals surface area contributed by atoms with Crippen molar-refractivity contribution in [1.82, 2.24) is 19.9 Å². The molecule has 1 unspecified atom stereocenters. The van der Waals surface area contributed by atoms with Crippen LogP contribution in [0.25, 0.3) is 43.8 Å². The smallest absolute Gasteiger partial charge is 0.336 e. The molecule has 1 aliphatic heterocycles. The normalized spacial score (nSPS) is 16.4. The van der Waals surface area contributed by atoms with Crippen molar-refractivity contribution < 1.29 is 14.6 Å². The number of nitrogens with one attached hydrogen (secondary N) is 1. The van der Waals surface area contributed by atoms with Crippen LogP contribution in [0.3, 0.4) is 0 Å². The van der Waals surface area contributed by atoms with Crippen LogP contribution in [0, 0.1) is 0 Å². The molecule has 1 aliphatic rings. The summed E-state index contributed by atoms with van der Waals surface area (Å²) in [6.07, 6.45) is 3.59. The molecule has 0 amide bonds. The van der Waals surface area contributed by atoms with E-state index in [4.69, 9.17) is 14.7 Å². The molecule has 34 heavy (non-hydrogen) atoms. The SMILES string of the molecule is CC1COCCN1c1nc(-c2ccnc3[nH]ccc23)nc2c(-c3ccccc3C(=O)O)csc12. The number of hydrogen-bond acceptors (Lipinski definition) is 7. The molecule has 1 atom stereocenters. The molecule has 1 saturated heterocycles. The predicted molar refractivity (Wildman–Crippen MR) is 133 cm³/mol. The fourth-order valence-corrected chi connectivity index (χ4v) is 5.52. The summed E-state index contributed by atoms with van der Waals surface area (Å²) in [5.41, 5.74) is 4.08. The third-order valence-electron chi connectivity index (χ3n) is 6.19. The van der Waals surface area contributed by atoms with Crippen molar-refractivity contribution in [2.45, 2.75) is 13.0 Å². The minimum Gasteiger partial charge on any atom is -0.478 e. The Kier molecular flexibility index (Phi) is 5.00. The fraction of sp³-hybridized carbons (Fsp3) is 0.200. The zero-order valence-electron chi connectivity index (χ0n) is 18.4. The van der Waals surface area contributed by atoms with E-state index < -0.39 is 5.97 Å². The van der Waals surface area contributed by atoms with Crippen molar-refractivity contribution in [3.8, 4) is 22.5 Å². The van der Waals surface area contributed by atoms with E-state index in [9.17, 15) is 9.90 Å². The Morgan fingerprint density at radius 2 is 2.06 bits per heavy atom. The van der Waals surface area contributed by atoms with Crippen molar-refractivity contribution in [3.63, 3.8) is 0 Å². The van der Waals surface area contributed by atoms with Gasteiger partial charge in [-0.05, 0) is 30.7 Å². The van der Waals surface area contributed by atoms with E-state index in [-0.39, 0.29) is 11.6 Å². The van der Waals surface area contributed by atoms with E-state index >= 15 is 0 Å². The molecule has 1 fully saturated rings. The van der Waals surface area contributed by atoms with Gasteiger partial charge in [-0.15, -0.1) is 11.3 Å². The maximum Gasteiger partial charge on any atom is 0.336 e. The fourth-order valence-electron chi connectivity index (χ4n) is 4.51. The quantitative estimate of drug-likeness (QED) is 0.387. The second-order valence-corrected chi connectivity index (χ2v) is 9.14. The first kappa shape index (κ1) is 20.8. The molecule has 0 spiro atoms. The number of morpholine rings is 1. The van der Waals surface area contributed by atoms with Gasteiger partial charge in [-0.25, -0.2) is 19.7 Å². The van der Waals surface area contributed by atoms with Gasteiger partial charge in [-0.2, -0.15) is 0 Å². The standard InChI is InChI=1S/C25H21N5O3S/c1-14-12-33-11-10-30(14)24-21-20(19(13-34-21)15-4-2-3-5-18(15)25(31)32)28-23(29-24)17-7-9-27-22-16(17)6-8-26-22/h2-9,13-14H,10-12H2,1H3,(H,26,27)(H,31,32). The molecule has 0 aliphatic carbocycles. The Morgan fingerprint density at radius 1 is 1.18 bits per heavy atom. The number of fused-ring (bicyclic) bond motifs is 2. The van der Waals surface area contributed by atoms with Crippen LogP contribution in [-0.4, -0.2) is 56.8 Å². The monoisotopic (exact) mass is 471 g/mol. The number of anilines is 1. The number of carboxylic acids is 1. The first-order valence-electron chi connectivity index (χ1n) is 11.0. The van der Waals surface area contributed by atoms with Crippen molar-refractivity contribution in [1.29, 1.82) is 0 Å². The number of aromatic carboxylic acids is 1. The van der Waals surface area contributed by atoms with Gasteiger partial charge in [-0.3, -0.25) is 0 Å². The number of H-pyrrole nitrogens is 1. The summed E-state index contributed by atoms with van der Waals surface area (Å²) in [5.74, 6) is 0.468. The van der Waals surface area contributed by atoms with Crippen molar-refractivity contribution >= 4 is 44.4 Å². The molecule has 1 aromatic carbocycles. The van der Waals surface area contributed by atoms with Gasteiger partial charge in [0.05, 0.1) is 35.0 Å². The second-order valence-electron chi connectivity index (χ2n) is 8.26. The van der Waals surface area contributed by atoms with Crippen LogP contribution in [0.2, 0.25) is 0 Å². The molecule has 0 bridgehead atoms. The van der Waals surface area contributed by atoms with Crippen LogP contribution in [0.4, 0.5) is 5.82 Å². The maximum absolute atomic E-state index is 12.0. The summed E-state index contributed by atoms with van der Waals surface area (Å²) in [7, 11) is 0. The van der Waals surface area contributed by atoms with E-state index in [2.05, 4.69) is 21.8 Å². The summed E-state index contributed by atoms with van der Waals surface area (Å²) < 4.78 is 6.60. The molecule has 4 aromatic heterocycles. The van der Waals surface area contributed by atoms with Gasteiger partial charge in [0.2, 0.25) is 0 Å². The molecule has 5 heterocycles. The highest BCUT2D eigenvalue weighted by Gasteiger charge is 2.26. The molecular weight excluding hydrogens is 450 g/mol. The van der Waals surface area contributed by atoms with Crippen LogP contribution < -0.4 is 4.90 Å². The summed E-state index contributed by atoms with van der Waals surface area (Å²) in [5, 5.41) is 12.7. The predicted octanol–water partition coefficient (Wildman–Crippen LogP) is 4.82. The maximum atomic E-state index is 12.0. The Morgan fingerprint density at radius 3 is 2.91 bits per heavy atom. The molecule has 2 N–H and O–H groups in total. The van der Waals surface area contributed by atoms with Crippen LogP contribution in [0.15, 0.2) is 54.2 Å². The van der Waals surface area contributed by atoms with E-state index in [1.165, 1.54) is 0 Å². The lowest BCUT2D eigenvalue weighted by molar-refractivity contribution is 0.0697. The van der Waals surface area contributed by atoms with Crippen LogP contribution in [0.5, 0.6) is 0 Å². The van der Waals surface area contributed by atoms with Gasteiger partial charge in [0, 0.05) is 40.8 Å². The third-order valence-corrected chi connectivity index (χ3v) is 7.15. The van der Waals surface area contributed by atoms with E-state index in [1.54, 1.807) is 29.7 Å². The van der Waals surface area contributed by atoms with Gasteiger partial charge in [-0.1, -0.05) is 18.2 Å². The van der Waals surface area contributed by atoms with Gasteiger partial charge in [0.25, 0.3) is 0 Å². The van der Waals surface area contributed by atoms with Crippen molar-refractivity contribution in [2.24, 2.45) is 0 Å². The highest BCUT2D eigenvalue weighted by Crippen LogP contribution is 2.41. The van der Waals surface area contributed by atoms with Crippen LogP contribution >= 0.6 is 11.3 Å². The lowest BCUT2D eigenvalue weighted by Crippen LogP contribution is -2.44. The molecule has 8 nitrogen and oxygen atoms in total. The number of rotatable bonds is 4. The van der Waals surface area contributed by atoms with E-state index in [0.717, 1.165) is 44.7 Å². The van der Waals surface area contributed by atoms with Gasteiger partial charge in [0.15, 0.2) is 11.6 Å². The number of pyridine rings is 1. The first-order valence-corrected chi connectivity index (χ1v) is 11.9. The Bertz CT molecular complexity index is 1540. The molecule has 9 heteroatoms. The highest BCUT2D eigenvalue weighted by molar-refractivity contribution is 7.18. The van der Waals surface area contributed by atoms with Crippen LogP contribution in [0.1, 0.15) is 17.3 Å². The third kappa shape index (κ3) is 3.32. The molecule has 0 radical (unpaired) electrons. The van der Waals surface area contributed by atoms with Crippen molar-refractivity contribution in [2.75, 3.05) is 24.7 Å². The number of aromatic nitrogens is 4. The molecule has 0 saturated carbocycles. The lowest BCUT2D eigenvalue weighted by Gasteiger charge is -2.34. The average molecular weight is 472 g/mol. The summed E-state index contributed by atoms with van der Waals surface area (Å²) in [6.45, 7) is 4.10. The lowest BCUT2D eigenvalue weighted by atomic mass is 10.0. The number of hydrogen-bond donors (Lipinski definition) is 2. The summed E-state index contributed by atoms with van der Waals surface area (Å²) in [4.78, 5) is 31.8. The summed E-state index contributed by atoms with van der Waals surface area (Å²) in [6, 6.07) is 11.1. The largest absolute Gasteiger partial charge is 0.478 e. The average Bonchev–Trinajstić information content (AvgIpc) is 3.51. The molecule has 6 rings (SSSR count). The number of nitrogens with zero attached hydrogens (tertiary/aromatic N) is 4. The number of ether oxygens (including phenoxy) is 1. The minimum absolute atomic E-state index is 0.154. The van der Waals surface area contributed by atoms with Gasteiger partial charge in [0.1, 0.15) is 5.65 Å². The number of carbonyl (C=O) groups is 1. The van der Waals surface area contributed by atoms with Gasteiger partial charge < -0.3 is 19.7 Å². The minimum atomic E-state index is -0.964. The van der Waals surface area contributed by atoms with E-state index in [1.807, 2.05) is 35.8 Å². The zero-order valence-corrected chi connectivity index (χ0v) is 19.2. The molecule has 5 aromatic rings. The number of thiophene rings is 1. The molecule has 170 valence electrons. The second kappa shape index (κ2) is 8.19. The number of carboxylic acid groups (broad SMARTS) is 1. The number of benzene rings is 1. The van der Waals surface area contributed by atoms with Crippen LogP contribution in [-0.2, 0) is 4.74 Å². The van der Waals surface area contributed by atoms with E-state index in [0.29, 0.717) is 24.6 Å².